The van der Waals surface area contributed by atoms with E-state index in [0.29, 0.717) is 16.5 Å². The summed E-state index contributed by atoms with van der Waals surface area (Å²) < 4.78 is 5.27. The highest BCUT2D eigenvalue weighted by Crippen LogP contribution is 2.15. The van der Waals surface area contributed by atoms with Crippen molar-refractivity contribution in [2.24, 2.45) is 0 Å². The van der Waals surface area contributed by atoms with Crippen LogP contribution in [0.15, 0.2) is 35.1 Å². The molecule has 0 saturated heterocycles. The number of ether oxygens (including phenoxy) is 1. The van der Waals surface area contributed by atoms with Gasteiger partial charge in [0.1, 0.15) is 5.75 Å². The molecule has 3 N–H and O–H groups in total. The summed E-state index contributed by atoms with van der Waals surface area (Å²) in [5, 5.41) is 8.23. The summed E-state index contributed by atoms with van der Waals surface area (Å²) in [6.45, 7) is 0.137. The minimum Gasteiger partial charge on any atom is -0.484 e. The number of nitrogens with one attached hydrogen (secondary N) is 3. The maximum atomic E-state index is 11.5. The van der Waals surface area contributed by atoms with Crippen molar-refractivity contribution in [1.29, 1.82) is 0 Å². The molecule has 7 heteroatoms. The van der Waals surface area contributed by atoms with Crippen LogP contribution >= 0.6 is 11.6 Å². The van der Waals surface area contributed by atoms with Crippen LogP contribution in [-0.2, 0) is 11.3 Å². The van der Waals surface area contributed by atoms with E-state index in [1.807, 2.05) is 0 Å². The molecule has 0 aliphatic carbocycles. The van der Waals surface area contributed by atoms with Gasteiger partial charge in [-0.05, 0) is 24.3 Å². The zero-order valence-corrected chi connectivity index (χ0v) is 10.7. The van der Waals surface area contributed by atoms with E-state index in [2.05, 4.69) is 15.5 Å². The highest BCUT2D eigenvalue weighted by Gasteiger charge is 2.04. The van der Waals surface area contributed by atoms with Gasteiger partial charge in [0.25, 0.3) is 11.5 Å². The van der Waals surface area contributed by atoms with Crippen LogP contribution in [0.1, 0.15) is 5.69 Å². The fraction of sp³-hybridized carbons (Fsp3) is 0.167. The molecule has 2 rings (SSSR count). The number of rotatable bonds is 5. The van der Waals surface area contributed by atoms with Crippen LogP contribution < -0.4 is 15.6 Å². The Balaban J connectivity index is 1.75. The lowest BCUT2D eigenvalue weighted by Gasteiger charge is -2.06. The van der Waals surface area contributed by atoms with Gasteiger partial charge < -0.3 is 15.2 Å². The van der Waals surface area contributed by atoms with Crippen molar-refractivity contribution in [3.8, 4) is 5.75 Å². The van der Waals surface area contributed by atoms with Crippen LogP contribution in [-0.4, -0.2) is 22.7 Å². The van der Waals surface area contributed by atoms with Gasteiger partial charge in [0.15, 0.2) is 6.61 Å². The van der Waals surface area contributed by atoms with Crippen molar-refractivity contribution in [2.45, 2.75) is 6.54 Å². The predicted octanol–water partition coefficient (Wildman–Crippen LogP) is 1.05. The summed E-state index contributed by atoms with van der Waals surface area (Å²) >= 11 is 5.73. The first-order valence-corrected chi connectivity index (χ1v) is 5.93. The zero-order chi connectivity index (χ0) is 13.7. The van der Waals surface area contributed by atoms with Crippen LogP contribution in [0.5, 0.6) is 5.75 Å². The molecule has 1 aromatic heterocycles. The van der Waals surface area contributed by atoms with Crippen LogP contribution in [0.25, 0.3) is 0 Å². The summed E-state index contributed by atoms with van der Waals surface area (Å²) in [6.07, 6.45) is 0. The summed E-state index contributed by atoms with van der Waals surface area (Å²) in [5.74, 6) is 0.284. The summed E-state index contributed by atoms with van der Waals surface area (Å²) in [6, 6.07) is 8.09. The average Bonchev–Trinajstić information content (AvgIpc) is 2.81. The third-order valence-corrected chi connectivity index (χ3v) is 2.56. The van der Waals surface area contributed by atoms with Gasteiger partial charge >= 0.3 is 0 Å². The number of benzene rings is 1. The molecule has 19 heavy (non-hydrogen) atoms. The first-order valence-electron chi connectivity index (χ1n) is 5.55. The van der Waals surface area contributed by atoms with Gasteiger partial charge in [0.05, 0.1) is 12.2 Å². The molecule has 1 aromatic carbocycles. The van der Waals surface area contributed by atoms with Crippen molar-refractivity contribution in [2.75, 3.05) is 6.61 Å². The molecule has 0 saturated carbocycles. The molecular weight excluding hydrogens is 270 g/mol. The third kappa shape index (κ3) is 4.18. The summed E-state index contributed by atoms with van der Waals surface area (Å²) in [5.41, 5.74) is 0.367. The maximum absolute atomic E-state index is 11.5. The summed E-state index contributed by atoms with van der Waals surface area (Å²) in [4.78, 5) is 22.3. The number of halogens is 1. The minimum absolute atomic E-state index is 0.101. The smallest absolute Gasteiger partial charge is 0.264 e. The van der Waals surface area contributed by atoms with E-state index in [-0.39, 0.29) is 24.6 Å². The van der Waals surface area contributed by atoms with E-state index >= 15 is 0 Å². The molecule has 0 bridgehead atoms. The molecular formula is C12H12ClN3O3. The SMILES string of the molecule is O=C(COc1ccc(Cl)cc1)NCc1cc(=O)[nH][nH]1. The number of aromatic amines is 2. The predicted molar refractivity (Wildman–Crippen MR) is 70.2 cm³/mol. The molecule has 0 fully saturated rings. The second-order valence-corrected chi connectivity index (χ2v) is 4.24. The first kappa shape index (κ1) is 13.2. The minimum atomic E-state index is -0.281. The van der Waals surface area contributed by atoms with Crippen LogP contribution in [0.3, 0.4) is 0 Å². The molecule has 0 atom stereocenters. The second kappa shape index (κ2) is 6.10. The lowest BCUT2D eigenvalue weighted by atomic mass is 10.3. The van der Waals surface area contributed by atoms with Crippen molar-refractivity contribution in [3.05, 3.63) is 51.4 Å². The molecule has 0 aliphatic rings. The number of hydrogen-bond donors (Lipinski definition) is 3. The average molecular weight is 282 g/mol. The van der Waals surface area contributed by atoms with Gasteiger partial charge in [0.2, 0.25) is 0 Å². The van der Waals surface area contributed by atoms with E-state index < -0.39 is 0 Å². The van der Waals surface area contributed by atoms with Crippen LogP contribution in [0, 0.1) is 0 Å². The Hall–Kier alpha value is -2.21. The van der Waals surface area contributed by atoms with Crippen molar-refractivity contribution in [1.82, 2.24) is 15.5 Å². The van der Waals surface area contributed by atoms with Gasteiger partial charge in [-0.3, -0.25) is 14.7 Å². The molecule has 0 radical (unpaired) electrons. The van der Waals surface area contributed by atoms with Crippen molar-refractivity contribution >= 4 is 17.5 Å². The van der Waals surface area contributed by atoms with E-state index in [4.69, 9.17) is 16.3 Å². The Morgan fingerprint density at radius 3 is 2.63 bits per heavy atom. The van der Waals surface area contributed by atoms with E-state index in [1.54, 1.807) is 24.3 Å². The molecule has 2 aromatic rings. The number of amides is 1. The fourth-order valence-electron chi connectivity index (χ4n) is 1.39. The molecule has 6 nitrogen and oxygen atoms in total. The Kier molecular flexibility index (Phi) is 4.25. The third-order valence-electron chi connectivity index (χ3n) is 2.31. The molecule has 100 valence electrons. The maximum Gasteiger partial charge on any atom is 0.264 e. The van der Waals surface area contributed by atoms with E-state index in [1.165, 1.54) is 6.07 Å². The van der Waals surface area contributed by atoms with Gasteiger partial charge in [0, 0.05) is 11.1 Å². The summed E-state index contributed by atoms with van der Waals surface area (Å²) in [7, 11) is 0. The number of hydrogen-bond acceptors (Lipinski definition) is 3. The molecule has 1 heterocycles. The number of H-pyrrole nitrogens is 2. The highest BCUT2D eigenvalue weighted by atomic mass is 35.5. The number of carbonyl (C=O) groups excluding carboxylic acids is 1. The largest absolute Gasteiger partial charge is 0.484 e. The first-order chi connectivity index (χ1) is 9.13. The standard InChI is InChI=1S/C12H12ClN3O3/c13-8-1-3-10(4-2-8)19-7-12(18)14-6-9-5-11(17)16-15-9/h1-5H,6-7H2,(H,14,18)(H2,15,16,17). The van der Waals surface area contributed by atoms with Gasteiger partial charge in [-0.1, -0.05) is 11.6 Å². The lowest BCUT2D eigenvalue weighted by Crippen LogP contribution is -2.28. The van der Waals surface area contributed by atoms with E-state index in [9.17, 15) is 9.59 Å². The Morgan fingerprint density at radius 1 is 1.26 bits per heavy atom. The van der Waals surface area contributed by atoms with E-state index in [0.717, 1.165) is 0 Å². The molecule has 1 amide bonds. The zero-order valence-electron chi connectivity index (χ0n) is 9.90. The molecule has 0 aliphatic heterocycles. The van der Waals surface area contributed by atoms with Gasteiger partial charge in [-0.2, -0.15) is 0 Å². The Bertz CT molecular complexity index is 603. The molecule has 0 spiro atoms. The Morgan fingerprint density at radius 2 is 2.00 bits per heavy atom. The van der Waals surface area contributed by atoms with Crippen LogP contribution in [0.2, 0.25) is 5.02 Å². The highest BCUT2D eigenvalue weighted by molar-refractivity contribution is 6.30. The molecule has 0 unspecified atom stereocenters. The van der Waals surface area contributed by atoms with Crippen molar-refractivity contribution < 1.29 is 9.53 Å². The quantitative estimate of drug-likeness (QED) is 0.765. The van der Waals surface area contributed by atoms with Gasteiger partial charge in [-0.25, -0.2) is 0 Å². The normalized spacial score (nSPS) is 10.2. The fourth-order valence-corrected chi connectivity index (χ4v) is 1.52. The Labute approximate surface area is 113 Å². The number of carbonyl (C=O) groups is 1. The topological polar surface area (TPSA) is 87.0 Å². The monoisotopic (exact) mass is 281 g/mol. The lowest BCUT2D eigenvalue weighted by molar-refractivity contribution is -0.123. The second-order valence-electron chi connectivity index (χ2n) is 3.80. The number of aromatic nitrogens is 2. The van der Waals surface area contributed by atoms with Crippen LogP contribution in [0.4, 0.5) is 0 Å². The van der Waals surface area contributed by atoms with Gasteiger partial charge in [-0.15, -0.1) is 0 Å². The van der Waals surface area contributed by atoms with Crippen molar-refractivity contribution in [3.63, 3.8) is 0 Å².